The van der Waals surface area contributed by atoms with Gasteiger partial charge in [-0.2, -0.15) is 0 Å². The number of nitro groups is 1. The lowest BCUT2D eigenvalue weighted by Gasteiger charge is -2.06. The Morgan fingerprint density at radius 2 is 1.21 bits per heavy atom. The van der Waals surface area contributed by atoms with Crippen molar-refractivity contribution in [2.45, 2.75) is 0 Å². The van der Waals surface area contributed by atoms with E-state index in [4.69, 9.17) is 4.42 Å². The third-order valence-corrected chi connectivity index (χ3v) is 4.22. The average molecular weight is 368 g/mol. The van der Waals surface area contributed by atoms with Crippen molar-refractivity contribution in [3.63, 3.8) is 0 Å². The molecule has 0 saturated carbocycles. The van der Waals surface area contributed by atoms with Gasteiger partial charge < -0.3 is 4.42 Å². The molecule has 0 bridgehead atoms. The second-order valence-corrected chi connectivity index (χ2v) is 6.13. The fourth-order valence-electron chi connectivity index (χ4n) is 2.89. The SMILES string of the molecule is O=[N+]([O-])c1ccccc1N=c1cc(-c2ccccc2)oc(-c2ccccc2)c1. The molecule has 0 saturated heterocycles. The standard InChI is InChI=1S/C23H16N2O3/c26-25(27)21-14-8-7-13-20(21)24-19-15-22(17-9-3-1-4-10-17)28-23(16-19)18-11-5-2-6-12-18/h1-16H. The molecule has 5 heteroatoms. The largest absolute Gasteiger partial charge is 0.456 e. The topological polar surface area (TPSA) is 68.6 Å². The van der Waals surface area contributed by atoms with E-state index in [-0.39, 0.29) is 5.69 Å². The van der Waals surface area contributed by atoms with E-state index in [1.54, 1.807) is 30.3 Å². The van der Waals surface area contributed by atoms with Crippen LogP contribution in [0.15, 0.2) is 106 Å². The third-order valence-electron chi connectivity index (χ3n) is 4.22. The van der Waals surface area contributed by atoms with Crippen molar-refractivity contribution in [1.29, 1.82) is 0 Å². The Hall–Kier alpha value is -3.99. The maximum atomic E-state index is 11.3. The summed E-state index contributed by atoms with van der Waals surface area (Å²) in [5, 5.41) is 11.9. The van der Waals surface area contributed by atoms with Gasteiger partial charge in [0.1, 0.15) is 17.2 Å². The monoisotopic (exact) mass is 368 g/mol. The van der Waals surface area contributed by atoms with Crippen LogP contribution in [0.4, 0.5) is 11.4 Å². The molecule has 0 aliphatic heterocycles. The van der Waals surface area contributed by atoms with Gasteiger partial charge in [-0.1, -0.05) is 72.8 Å². The second-order valence-electron chi connectivity index (χ2n) is 6.13. The molecule has 1 heterocycles. The highest BCUT2D eigenvalue weighted by atomic mass is 16.6. The van der Waals surface area contributed by atoms with Gasteiger partial charge >= 0.3 is 0 Å². The molecule has 0 radical (unpaired) electrons. The number of benzene rings is 3. The van der Waals surface area contributed by atoms with Gasteiger partial charge in [-0.05, 0) is 6.07 Å². The van der Waals surface area contributed by atoms with Gasteiger partial charge in [0.2, 0.25) is 0 Å². The van der Waals surface area contributed by atoms with Crippen LogP contribution in [0, 0.1) is 10.1 Å². The van der Waals surface area contributed by atoms with Crippen LogP contribution in [0.2, 0.25) is 0 Å². The van der Waals surface area contributed by atoms with Gasteiger partial charge in [-0.15, -0.1) is 0 Å². The highest BCUT2D eigenvalue weighted by molar-refractivity contribution is 5.63. The highest BCUT2D eigenvalue weighted by Gasteiger charge is 2.12. The van der Waals surface area contributed by atoms with E-state index in [1.807, 2.05) is 60.7 Å². The maximum Gasteiger partial charge on any atom is 0.294 e. The number of hydrogen-bond acceptors (Lipinski definition) is 4. The zero-order chi connectivity index (χ0) is 19.3. The lowest BCUT2D eigenvalue weighted by atomic mass is 10.1. The van der Waals surface area contributed by atoms with Crippen molar-refractivity contribution in [2.75, 3.05) is 0 Å². The molecule has 0 N–H and O–H groups in total. The average Bonchev–Trinajstić information content (AvgIpc) is 2.75. The van der Waals surface area contributed by atoms with Crippen LogP contribution in [-0.4, -0.2) is 4.92 Å². The molecule has 4 aromatic rings. The predicted molar refractivity (Wildman–Crippen MR) is 108 cm³/mol. The van der Waals surface area contributed by atoms with Crippen molar-refractivity contribution in [1.82, 2.24) is 0 Å². The molecule has 3 aromatic carbocycles. The number of nitro benzene ring substituents is 1. The van der Waals surface area contributed by atoms with Gasteiger partial charge in [0.05, 0.1) is 10.3 Å². The lowest BCUT2D eigenvalue weighted by Crippen LogP contribution is -2.02. The third kappa shape index (κ3) is 3.73. The van der Waals surface area contributed by atoms with E-state index in [9.17, 15) is 10.1 Å². The summed E-state index contributed by atoms with van der Waals surface area (Å²) in [6.45, 7) is 0. The number of nitrogens with zero attached hydrogens (tertiary/aromatic N) is 2. The van der Waals surface area contributed by atoms with Crippen LogP contribution >= 0.6 is 0 Å². The summed E-state index contributed by atoms with van der Waals surface area (Å²) in [5.74, 6) is 1.28. The molecule has 0 fully saturated rings. The molecule has 0 unspecified atom stereocenters. The van der Waals surface area contributed by atoms with E-state index >= 15 is 0 Å². The molecular weight excluding hydrogens is 352 g/mol. The Morgan fingerprint density at radius 1 is 0.714 bits per heavy atom. The molecule has 0 aliphatic rings. The Kier molecular flexibility index (Phi) is 4.80. The van der Waals surface area contributed by atoms with E-state index in [2.05, 4.69) is 4.99 Å². The molecule has 1 aromatic heterocycles. The zero-order valence-electron chi connectivity index (χ0n) is 14.9. The molecule has 0 amide bonds. The minimum absolute atomic E-state index is 0.0363. The predicted octanol–water partition coefficient (Wildman–Crippen LogP) is 5.75. The van der Waals surface area contributed by atoms with E-state index < -0.39 is 4.92 Å². The summed E-state index contributed by atoms with van der Waals surface area (Å²) in [4.78, 5) is 15.4. The molecule has 0 atom stereocenters. The first-order chi connectivity index (χ1) is 13.7. The molecule has 4 rings (SSSR count). The summed E-state index contributed by atoms with van der Waals surface area (Å²) < 4.78 is 6.11. The molecule has 136 valence electrons. The highest BCUT2D eigenvalue weighted by Crippen LogP contribution is 2.27. The number of para-hydroxylation sites is 2. The van der Waals surface area contributed by atoms with Crippen molar-refractivity contribution in [3.05, 3.63) is 113 Å². The van der Waals surface area contributed by atoms with Crippen LogP contribution in [0.3, 0.4) is 0 Å². The minimum Gasteiger partial charge on any atom is -0.456 e. The van der Waals surface area contributed by atoms with Gasteiger partial charge in [0.25, 0.3) is 5.69 Å². The number of rotatable bonds is 4. The smallest absolute Gasteiger partial charge is 0.294 e. The van der Waals surface area contributed by atoms with Gasteiger partial charge in [-0.3, -0.25) is 10.1 Å². The first-order valence-electron chi connectivity index (χ1n) is 8.75. The summed E-state index contributed by atoms with van der Waals surface area (Å²) >= 11 is 0. The molecule has 0 spiro atoms. The molecular formula is C23H16N2O3. The van der Waals surface area contributed by atoms with E-state index in [0.29, 0.717) is 22.6 Å². The first kappa shape index (κ1) is 17.4. The minimum atomic E-state index is -0.428. The van der Waals surface area contributed by atoms with E-state index in [1.165, 1.54) is 6.07 Å². The van der Waals surface area contributed by atoms with Gasteiger partial charge in [0, 0.05) is 29.3 Å². The van der Waals surface area contributed by atoms with Crippen molar-refractivity contribution in [2.24, 2.45) is 4.99 Å². The van der Waals surface area contributed by atoms with Crippen molar-refractivity contribution in [3.8, 4) is 22.6 Å². The van der Waals surface area contributed by atoms with Gasteiger partial charge in [-0.25, -0.2) is 4.99 Å². The number of hydrogen-bond donors (Lipinski definition) is 0. The quantitative estimate of drug-likeness (QED) is 0.340. The van der Waals surface area contributed by atoms with Crippen LogP contribution in [0.25, 0.3) is 22.6 Å². The van der Waals surface area contributed by atoms with Gasteiger partial charge in [0.15, 0.2) is 0 Å². The summed E-state index contributed by atoms with van der Waals surface area (Å²) in [5.41, 5.74) is 2.07. The second kappa shape index (κ2) is 7.72. The van der Waals surface area contributed by atoms with E-state index in [0.717, 1.165) is 11.1 Å². The zero-order valence-corrected chi connectivity index (χ0v) is 14.9. The summed E-state index contributed by atoms with van der Waals surface area (Å²) in [6, 6.07) is 29.4. The fourth-order valence-corrected chi connectivity index (χ4v) is 2.89. The van der Waals surface area contributed by atoms with Crippen LogP contribution < -0.4 is 5.36 Å². The Bertz CT molecular complexity index is 1120. The Balaban J connectivity index is 1.94. The Labute approximate surface area is 161 Å². The molecule has 0 aliphatic carbocycles. The molecule has 28 heavy (non-hydrogen) atoms. The maximum absolute atomic E-state index is 11.3. The molecule has 5 nitrogen and oxygen atoms in total. The summed E-state index contributed by atoms with van der Waals surface area (Å²) in [6.07, 6.45) is 0. The van der Waals surface area contributed by atoms with Crippen molar-refractivity contribution >= 4 is 11.4 Å². The van der Waals surface area contributed by atoms with Crippen LogP contribution in [0.5, 0.6) is 0 Å². The summed E-state index contributed by atoms with van der Waals surface area (Å²) in [7, 11) is 0. The lowest BCUT2D eigenvalue weighted by molar-refractivity contribution is -0.384. The first-order valence-corrected chi connectivity index (χ1v) is 8.75. The van der Waals surface area contributed by atoms with Crippen LogP contribution in [-0.2, 0) is 0 Å². The Morgan fingerprint density at radius 3 is 1.75 bits per heavy atom. The fraction of sp³-hybridized carbons (Fsp3) is 0. The normalized spacial score (nSPS) is 10.4. The van der Waals surface area contributed by atoms with Crippen LogP contribution in [0.1, 0.15) is 0 Å². The van der Waals surface area contributed by atoms with Crippen molar-refractivity contribution < 1.29 is 9.34 Å².